The molecule has 0 aliphatic heterocycles. The first-order valence-corrected chi connectivity index (χ1v) is 8.29. The van der Waals surface area contributed by atoms with Crippen LogP contribution in [0.5, 0.6) is 0 Å². The largest absolute Gasteiger partial charge is 0.509 e. The smallest absolute Gasteiger partial charge is 0.196 e. The van der Waals surface area contributed by atoms with E-state index in [1.54, 1.807) is 0 Å². The fourth-order valence-corrected chi connectivity index (χ4v) is 3.64. The van der Waals surface area contributed by atoms with E-state index < -0.39 is 17.4 Å². The quantitative estimate of drug-likeness (QED) is 0.643. The summed E-state index contributed by atoms with van der Waals surface area (Å²) >= 11 is 0. The van der Waals surface area contributed by atoms with Gasteiger partial charge in [-0.15, -0.1) is 6.58 Å². The summed E-state index contributed by atoms with van der Waals surface area (Å²) in [5.41, 5.74) is 2.32. The number of aliphatic hydroxyl groups excluding tert-OH is 1. The van der Waals surface area contributed by atoms with Crippen LogP contribution in [0.4, 0.5) is 8.78 Å². The Hall–Kier alpha value is -1.90. The van der Waals surface area contributed by atoms with Gasteiger partial charge in [0.15, 0.2) is 11.7 Å². The standard InChI is InChI=1S/C20H22F2O/c1-2-13-3-5-14(6-4-13)15-7-9-16(10-8-15)17-11-12-18(23)20(22)19(17)21/h2,7-10,13-14,23H,1,3-6,11-12H2. The second-order valence-electron chi connectivity index (χ2n) is 6.52. The lowest BCUT2D eigenvalue weighted by atomic mass is 9.78. The molecule has 0 amide bonds. The van der Waals surface area contributed by atoms with Crippen molar-refractivity contribution in [3.8, 4) is 0 Å². The molecular weight excluding hydrogens is 294 g/mol. The zero-order valence-electron chi connectivity index (χ0n) is 13.2. The first kappa shape index (κ1) is 16.0. The minimum atomic E-state index is -1.11. The molecule has 2 aliphatic rings. The summed E-state index contributed by atoms with van der Waals surface area (Å²) in [4.78, 5) is 0. The molecule has 0 spiro atoms. The maximum atomic E-state index is 14.0. The van der Waals surface area contributed by atoms with Crippen LogP contribution in [0.25, 0.3) is 5.57 Å². The van der Waals surface area contributed by atoms with E-state index in [4.69, 9.17) is 0 Å². The van der Waals surface area contributed by atoms with E-state index in [1.807, 2.05) is 24.3 Å². The number of hydrogen-bond donors (Lipinski definition) is 1. The Bertz CT molecular complexity index is 647. The number of aliphatic hydroxyl groups is 1. The molecule has 0 radical (unpaired) electrons. The fourth-order valence-electron chi connectivity index (χ4n) is 3.64. The van der Waals surface area contributed by atoms with E-state index in [2.05, 4.69) is 12.7 Å². The average molecular weight is 316 g/mol. The summed E-state index contributed by atoms with van der Waals surface area (Å²) in [7, 11) is 0. The van der Waals surface area contributed by atoms with Crippen molar-refractivity contribution in [1.29, 1.82) is 0 Å². The predicted molar refractivity (Wildman–Crippen MR) is 89.4 cm³/mol. The monoisotopic (exact) mass is 316 g/mol. The van der Waals surface area contributed by atoms with Crippen LogP contribution in [0.15, 0.2) is 54.3 Å². The molecule has 1 N–H and O–H groups in total. The third kappa shape index (κ3) is 3.24. The molecular formula is C20H22F2O. The first-order valence-electron chi connectivity index (χ1n) is 8.29. The highest BCUT2D eigenvalue weighted by atomic mass is 19.2. The van der Waals surface area contributed by atoms with Crippen molar-refractivity contribution in [1.82, 2.24) is 0 Å². The average Bonchev–Trinajstić information content (AvgIpc) is 2.60. The molecule has 0 aromatic heterocycles. The highest BCUT2D eigenvalue weighted by Crippen LogP contribution is 2.39. The zero-order valence-corrected chi connectivity index (χ0v) is 13.2. The van der Waals surface area contributed by atoms with Gasteiger partial charge >= 0.3 is 0 Å². The lowest BCUT2D eigenvalue weighted by Crippen LogP contribution is -2.11. The van der Waals surface area contributed by atoms with Crippen LogP contribution < -0.4 is 0 Å². The highest BCUT2D eigenvalue weighted by Gasteiger charge is 2.24. The summed E-state index contributed by atoms with van der Waals surface area (Å²) < 4.78 is 27.5. The summed E-state index contributed by atoms with van der Waals surface area (Å²) in [5, 5.41) is 9.29. The summed E-state index contributed by atoms with van der Waals surface area (Å²) in [5.74, 6) is -1.34. The molecule has 0 heterocycles. The Morgan fingerprint density at radius 1 is 0.957 bits per heavy atom. The van der Waals surface area contributed by atoms with E-state index in [-0.39, 0.29) is 6.42 Å². The summed E-state index contributed by atoms with van der Waals surface area (Å²) in [6, 6.07) is 7.81. The first-order chi connectivity index (χ1) is 11.1. The van der Waals surface area contributed by atoms with Gasteiger partial charge in [0.25, 0.3) is 0 Å². The van der Waals surface area contributed by atoms with Gasteiger partial charge in [-0.1, -0.05) is 30.3 Å². The van der Waals surface area contributed by atoms with Gasteiger partial charge in [0, 0.05) is 6.42 Å². The highest BCUT2D eigenvalue weighted by molar-refractivity contribution is 5.72. The topological polar surface area (TPSA) is 20.2 Å². The molecule has 0 bridgehead atoms. The van der Waals surface area contributed by atoms with E-state index in [1.165, 1.54) is 18.4 Å². The Morgan fingerprint density at radius 2 is 1.61 bits per heavy atom. The van der Waals surface area contributed by atoms with Crippen LogP contribution in [0.3, 0.4) is 0 Å². The van der Waals surface area contributed by atoms with E-state index in [0.29, 0.717) is 29.4 Å². The van der Waals surface area contributed by atoms with Gasteiger partial charge in [-0.25, -0.2) is 8.78 Å². The normalized spacial score (nSPS) is 25.7. The van der Waals surface area contributed by atoms with Crippen molar-refractivity contribution in [3.05, 3.63) is 65.5 Å². The van der Waals surface area contributed by atoms with Gasteiger partial charge in [0.2, 0.25) is 0 Å². The molecule has 0 atom stereocenters. The molecule has 0 saturated heterocycles. The Morgan fingerprint density at radius 3 is 2.22 bits per heavy atom. The molecule has 1 nitrogen and oxygen atoms in total. The SMILES string of the molecule is C=CC1CCC(c2ccc(C3=C(F)C(F)=C(O)CC3)cc2)CC1. The van der Waals surface area contributed by atoms with E-state index in [0.717, 1.165) is 12.8 Å². The lowest BCUT2D eigenvalue weighted by Gasteiger charge is -2.27. The second-order valence-corrected chi connectivity index (χ2v) is 6.52. The third-order valence-electron chi connectivity index (χ3n) is 5.16. The van der Waals surface area contributed by atoms with Crippen LogP contribution in [-0.2, 0) is 0 Å². The van der Waals surface area contributed by atoms with Crippen LogP contribution in [0.2, 0.25) is 0 Å². The van der Waals surface area contributed by atoms with Crippen molar-refractivity contribution in [2.75, 3.05) is 0 Å². The molecule has 3 rings (SSSR count). The van der Waals surface area contributed by atoms with Crippen molar-refractivity contribution in [2.24, 2.45) is 5.92 Å². The Kier molecular flexibility index (Phi) is 4.65. The maximum Gasteiger partial charge on any atom is 0.196 e. The lowest BCUT2D eigenvalue weighted by molar-refractivity contribution is 0.349. The predicted octanol–water partition coefficient (Wildman–Crippen LogP) is 6.36. The van der Waals surface area contributed by atoms with Gasteiger partial charge in [-0.2, -0.15) is 0 Å². The van der Waals surface area contributed by atoms with Crippen molar-refractivity contribution in [3.63, 3.8) is 0 Å². The molecule has 122 valence electrons. The zero-order chi connectivity index (χ0) is 16.4. The number of halogens is 2. The van der Waals surface area contributed by atoms with Gasteiger partial charge < -0.3 is 5.11 Å². The van der Waals surface area contributed by atoms with Crippen LogP contribution in [-0.4, -0.2) is 5.11 Å². The van der Waals surface area contributed by atoms with Crippen molar-refractivity contribution < 1.29 is 13.9 Å². The second kappa shape index (κ2) is 6.69. The van der Waals surface area contributed by atoms with E-state index >= 15 is 0 Å². The molecule has 1 fully saturated rings. The van der Waals surface area contributed by atoms with Crippen molar-refractivity contribution >= 4 is 5.57 Å². The molecule has 2 aliphatic carbocycles. The Labute approximate surface area is 136 Å². The molecule has 23 heavy (non-hydrogen) atoms. The summed E-state index contributed by atoms with van der Waals surface area (Å²) in [6.07, 6.45) is 7.18. The molecule has 1 saturated carbocycles. The Balaban J connectivity index is 1.77. The van der Waals surface area contributed by atoms with Crippen LogP contribution in [0, 0.1) is 5.92 Å². The number of allylic oxidation sites excluding steroid dienone is 5. The maximum absolute atomic E-state index is 14.0. The minimum Gasteiger partial charge on any atom is -0.509 e. The van der Waals surface area contributed by atoms with Gasteiger partial charge in [0.1, 0.15) is 5.76 Å². The summed E-state index contributed by atoms with van der Waals surface area (Å²) in [6.45, 7) is 3.87. The third-order valence-corrected chi connectivity index (χ3v) is 5.16. The van der Waals surface area contributed by atoms with Crippen LogP contribution in [0.1, 0.15) is 55.6 Å². The number of benzene rings is 1. The molecule has 0 unspecified atom stereocenters. The minimum absolute atomic E-state index is 0.155. The van der Waals surface area contributed by atoms with Gasteiger partial charge in [-0.05, 0) is 60.6 Å². The number of hydrogen-bond acceptors (Lipinski definition) is 1. The number of rotatable bonds is 3. The molecule has 3 heteroatoms. The fraction of sp³-hybridized carbons (Fsp3) is 0.400. The van der Waals surface area contributed by atoms with Gasteiger partial charge in [-0.3, -0.25) is 0 Å². The van der Waals surface area contributed by atoms with Crippen LogP contribution >= 0.6 is 0 Å². The molecule has 1 aromatic rings. The molecule has 1 aromatic carbocycles. The van der Waals surface area contributed by atoms with Gasteiger partial charge in [0.05, 0.1) is 0 Å². The van der Waals surface area contributed by atoms with E-state index in [9.17, 15) is 13.9 Å². The van der Waals surface area contributed by atoms with Crippen molar-refractivity contribution in [2.45, 2.75) is 44.4 Å².